The van der Waals surface area contributed by atoms with E-state index >= 15 is 0 Å². The third-order valence-corrected chi connectivity index (χ3v) is 3.55. The van der Waals surface area contributed by atoms with E-state index in [0.717, 1.165) is 45.7 Å². The fourth-order valence-corrected chi connectivity index (χ4v) is 2.41. The summed E-state index contributed by atoms with van der Waals surface area (Å²) in [6.07, 6.45) is 2.21. The third kappa shape index (κ3) is 2.02. The Labute approximate surface area is 100 Å². The molecule has 2 fully saturated rings. The number of aromatic nitrogens is 2. The number of morpholine rings is 1. The SMILES string of the molecule is CC1(c2nc(N3CCOCC3)no2)CCCN1. The van der Waals surface area contributed by atoms with Crippen molar-refractivity contribution in [3.63, 3.8) is 0 Å². The summed E-state index contributed by atoms with van der Waals surface area (Å²) >= 11 is 0. The number of hydrogen-bond donors (Lipinski definition) is 1. The van der Waals surface area contributed by atoms with Crippen LogP contribution in [-0.2, 0) is 10.3 Å². The molecule has 2 aliphatic heterocycles. The maximum Gasteiger partial charge on any atom is 0.266 e. The van der Waals surface area contributed by atoms with Gasteiger partial charge in [-0.05, 0) is 31.5 Å². The third-order valence-electron chi connectivity index (χ3n) is 3.55. The van der Waals surface area contributed by atoms with Gasteiger partial charge in [0, 0.05) is 13.1 Å². The number of rotatable bonds is 2. The lowest BCUT2D eigenvalue weighted by Crippen LogP contribution is -2.37. The first kappa shape index (κ1) is 11.0. The van der Waals surface area contributed by atoms with Crippen molar-refractivity contribution >= 4 is 5.95 Å². The molecule has 6 nitrogen and oxygen atoms in total. The Bertz CT molecular complexity index is 381. The average Bonchev–Trinajstić information content (AvgIpc) is 2.99. The molecule has 0 bridgehead atoms. The first-order chi connectivity index (χ1) is 8.28. The summed E-state index contributed by atoms with van der Waals surface area (Å²) in [5, 5.41) is 7.50. The minimum absolute atomic E-state index is 0.141. The first-order valence-corrected chi connectivity index (χ1v) is 6.20. The molecule has 3 heterocycles. The van der Waals surface area contributed by atoms with Gasteiger partial charge in [0.1, 0.15) is 0 Å². The molecule has 0 spiro atoms. The molecule has 2 saturated heterocycles. The fraction of sp³-hybridized carbons (Fsp3) is 0.818. The van der Waals surface area contributed by atoms with Crippen LogP contribution >= 0.6 is 0 Å². The molecule has 1 aromatic rings. The van der Waals surface area contributed by atoms with Crippen LogP contribution < -0.4 is 10.2 Å². The van der Waals surface area contributed by atoms with E-state index in [1.165, 1.54) is 0 Å². The zero-order valence-electron chi connectivity index (χ0n) is 10.1. The second-order valence-corrected chi connectivity index (χ2v) is 4.86. The molecule has 1 N–H and O–H groups in total. The van der Waals surface area contributed by atoms with Gasteiger partial charge in [-0.25, -0.2) is 0 Å². The van der Waals surface area contributed by atoms with Crippen LogP contribution in [0.2, 0.25) is 0 Å². The minimum atomic E-state index is -0.141. The Kier molecular flexibility index (Phi) is 2.76. The quantitative estimate of drug-likeness (QED) is 0.809. The smallest absolute Gasteiger partial charge is 0.266 e. The van der Waals surface area contributed by atoms with Crippen LogP contribution in [0.25, 0.3) is 0 Å². The summed E-state index contributed by atoms with van der Waals surface area (Å²) in [7, 11) is 0. The lowest BCUT2D eigenvalue weighted by Gasteiger charge is -2.25. The van der Waals surface area contributed by atoms with E-state index in [4.69, 9.17) is 9.26 Å². The Hall–Kier alpha value is -1.14. The highest BCUT2D eigenvalue weighted by Gasteiger charge is 2.36. The lowest BCUT2D eigenvalue weighted by molar-refractivity contribution is 0.121. The molecule has 3 rings (SSSR count). The lowest BCUT2D eigenvalue weighted by atomic mass is 10.0. The molecule has 1 aromatic heterocycles. The highest BCUT2D eigenvalue weighted by Crippen LogP contribution is 2.29. The van der Waals surface area contributed by atoms with Crippen LogP contribution in [0.15, 0.2) is 4.52 Å². The van der Waals surface area contributed by atoms with Crippen LogP contribution in [-0.4, -0.2) is 43.0 Å². The highest BCUT2D eigenvalue weighted by molar-refractivity contribution is 5.29. The van der Waals surface area contributed by atoms with Gasteiger partial charge in [-0.15, -0.1) is 0 Å². The summed E-state index contributed by atoms with van der Waals surface area (Å²) in [6, 6.07) is 0. The molecule has 6 heteroatoms. The number of anilines is 1. The Balaban J connectivity index is 1.77. The number of ether oxygens (including phenoxy) is 1. The number of hydrogen-bond acceptors (Lipinski definition) is 6. The van der Waals surface area contributed by atoms with Crippen LogP contribution in [0.5, 0.6) is 0 Å². The van der Waals surface area contributed by atoms with E-state index < -0.39 is 0 Å². The van der Waals surface area contributed by atoms with Gasteiger partial charge in [0.2, 0.25) is 5.89 Å². The molecule has 0 aliphatic carbocycles. The topological polar surface area (TPSA) is 63.4 Å². The zero-order valence-corrected chi connectivity index (χ0v) is 10.1. The van der Waals surface area contributed by atoms with Crippen molar-refractivity contribution < 1.29 is 9.26 Å². The van der Waals surface area contributed by atoms with Crippen molar-refractivity contribution in [1.29, 1.82) is 0 Å². The van der Waals surface area contributed by atoms with Crippen molar-refractivity contribution in [3.8, 4) is 0 Å². The molecule has 0 amide bonds. The maximum atomic E-state index is 5.40. The van der Waals surface area contributed by atoms with Gasteiger partial charge in [-0.2, -0.15) is 4.98 Å². The van der Waals surface area contributed by atoms with Crippen molar-refractivity contribution in [2.75, 3.05) is 37.7 Å². The monoisotopic (exact) mass is 238 g/mol. The molecule has 0 saturated carbocycles. The Morgan fingerprint density at radius 3 is 2.88 bits per heavy atom. The molecule has 17 heavy (non-hydrogen) atoms. The van der Waals surface area contributed by atoms with Crippen LogP contribution in [0.4, 0.5) is 5.95 Å². The van der Waals surface area contributed by atoms with Gasteiger partial charge in [0.05, 0.1) is 18.8 Å². The standard InChI is InChI=1S/C11H18N4O2/c1-11(3-2-4-12-11)9-13-10(14-17-9)15-5-7-16-8-6-15/h12H,2-8H2,1H3. The molecule has 1 atom stereocenters. The Morgan fingerprint density at radius 2 is 2.18 bits per heavy atom. The largest absolute Gasteiger partial charge is 0.378 e. The summed E-state index contributed by atoms with van der Waals surface area (Å²) in [5.74, 6) is 1.40. The van der Waals surface area contributed by atoms with E-state index in [9.17, 15) is 0 Å². The van der Waals surface area contributed by atoms with Gasteiger partial charge < -0.3 is 19.5 Å². The number of nitrogens with zero attached hydrogens (tertiary/aromatic N) is 3. The summed E-state index contributed by atoms with van der Waals surface area (Å²) < 4.78 is 10.7. The van der Waals surface area contributed by atoms with E-state index in [1.807, 2.05) is 0 Å². The van der Waals surface area contributed by atoms with Crippen LogP contribution in [0, 0.1) is 0 Å². The van der Waals surface area contributed by atoms with Crippen molar-refractivity contribution in [3.05, 3.63) is 5.89 Å². The van der Waals surface area contributed by atoms with E-state index in [1.54, 1.807) is 0 Å². The zero-order chi connectivity index (χ0) is 11.7. The molecular weight excluding hydrogens is 220 g/mol. The van der Waals surface area contributed by atoms with Crippen LogP contribution in [0.1, 0.15) is 25.7 Å². The number of nitrogens with one attached hydrogen (secondary N) is 1. The second kappa shape index (κ2) is 4.27. The van der Waals surface area contributed by atoms with E-state index in [0.29, 0.717) is 11.8 Å². The van der Waals surface area contributed by atoms with Crippen molar-refractivity contribution in [2.45, 2.75) is 25.3 Å². The summed E-state index contributed by atoms with van der Waals surface area (Å²) in [5.41, 5.74) is -0.141. The average molecular weight is 238 g/mol. The molecule has 0 radical (unpaired) electrons. The second-order valence-electron chi connectivity index (χ2n) is 4.86. The van der Waals surface area contributed by atoms with Gasteiger partial charge >= 0.3 is 0 Å². The van der Waals surface area contributed by atoms with Crippen molar-refractivity contribution in [1.82, 2.24) is 15.5 Å². The molecule has 0 aromatic carbocycles. The molecule has 1 unspecified atom stereocenters. The summed E-state index contributed by atoms with van der Waals surface area (Å²) in [6.45, 7) is 6.29. The van der Waals surface area contributed by atoms with Gasteiger partial charge in [-0.3, -0.25) is 0 Å². The fourth-order valence-electron chi connectivity index (χ4n) is 2.41. The first-order valence-electron chi connectivity index (χ1n) is 6.20. The maximum absolute atomic E-state index is 5.40. The predicted molar refractivity (Wildman–Crippen MR) is 61.9 cm³/mol. The normalized spacial score (nSPS) is 29.8. The van der Waals surface area contributed by atoms with E-state index in [-0.39, 0.29) is 5.54 Å². The van der Waals surface area contributed by atoms with Crippen LogP contribution in [0.3, 0.4) is 0 Å². The minimum Gasteiger partial charge on any atom is -0.378 e. The molecular formula is C11H18N4O2. The molecule has 94 valence electrons. The highest BCUT2D eigenvalue weighted by atomic mass is 16.5. The molecule has 2 aliphatic rings. The van der Waals surface area contributed by atoms with E-state index in [2.05, 4.69) is 27.3 Å². The van der Waals surface area contributed by atoms with Gasteiger partial charge in [0.25, 0.3) is 5.95 Å². The summed E-state index contributed by atoms with van der Waals surface area (Å²) in [4.78, 5) is 6.62. The van der Waals surface area contributed by atoms with Crippen molar-refractivity contribution in [2.24, 2.45) is 0 Å². The van der Waals surface area contributed by atoms with Gasteiger partial charge in [0.15, 0.2) is 0 Å². The predicted octanol–water partition coefficient (Wildman–Crippen LogP) is 0.505. The van der Waals surface area contributed by atoms with Gasteiger partial charge in [-0.1, -0.05) is 0 Å². The Morgan fingerprint density at radius 1 is 1.35 bits per heavy atom.